The minimum absolute atomic E-state index is 0.663. The molecule has 0 aromatic carbocycles. The third-order valence-corrected chi connectivity index (χ3v) is 5.82. The van der Waals surface area contributed by atoms with Gasteiger partial charge in [0.25, 0.3) is 0 Å². The van der Waals surface area contributed by atoms with E-state index in [1.807, 2.05) is 0 Å². The maximum Gasteiger partial charge on any atom is 0.453 e. The minimum atomic E-state index is -0.980. The van der Waals surface area contributed by atoms with Gasteiger partial charge in [0.05, 0.1) is 0 Å². The molecule has 167 valence electrons. The van der Waals surface area contributed by atoms with E-state index in [1.54, 1.807) is 0 Å². The van der Waals surface area contributed by atoms with Gasteiger partial charge >= 0.3 is 6.09 Å². The van der Waals surface area contributed by atoms with E-state index < -0.39 is 6.09 Å². The number of carbonyl (C=O) groups excluding carboxylic acids is 1. The van der Waals surface area contributed by atoms with E-state index in [9.17, 15) is 9.90 Å². The molecule has 0 aliphatic heterocycles. The quantitative estimate of drug-likeness (QED) is 0.169. The van der Waals surface area contributed by atoms with Gasteiger partial charge in [-0.2, -0.15) is 0 Å². The molecule has 0 bridgehead atoms. The lowest BCUT2D eigenvalue weighted by Crippen LogP contribution is -2.30. The lowest BCUT2D eigenvalue weighted by molar-refractivity contribution is 0.118. The summed E-state index contributed by atoms with van der Waals surface area (Å²) < 4.78 is 0. The first-order valence-corrected chi connectivity index (χ1v) is 12.7. The van der Waals surface area contributed by atoms with Crippen LogP contribution in [0.3, 0.4) is 0 Å². The summed E-state index contributed by atoms with van der Waals surface area (Å²) in [5, 5.41) is 11.3. The van der Waals surface area contributed by atoms with Gasteiger partial charge in [0.15, 0.2) is 0 Å². The zero-order valence-corrected chi connectivity index (χ0v) is 19.3. The van der Waals surface area contributed by atoms with Crippen molar-refractivity contribution in [2.75, 3.05) is 13.1 Å². The maximum atomic E-state index is 11.3. The molecule has 1 radical (unpaired) electrons. The van der Waals surface area contributed by atoms with Crippen molar-refractivity contribution in [2.45, 2.75) is 142 Å². The highest BCUT2D eigenvalue weighted by Crippen LogP contribution is 2.13. The lowest BCUT2D eigenvalue weighted by Gasteiger charge is -2.17. The van der Waals surface area contributed by atoms with E-state index in [4.69, 9.17) is 0 Å². The Bertz CT molecular complexity index is 296. The molecule has 3 heteroatoms. The Kier molecular flexibility index (Phi) is 22.0. The Morgan fingerprint density at radius 2 is 0.714 bits per heavy atom. The van der Waals surface area contributed by atoms with E-state index in [-0.39, 0.29) is 0 Å². The van der Waals surface area contributed by atoms with Crippen LogP contribution >= 0.6 is 0 Å². The SMILES string of the molecule is CCCCCCCCCCCCN(CCCCCCCCCCCC)C([O])=O. The largest absolute Gasteiger partial charge is 0.453 e. The zero-order valence-electron chi connectivity index (χ0n) is 19.3. The van der Waals surface area contributed by atoms with Crippen molar-refractivity contribution in [3.8, 4) is 0 Å². The molecule has 0 aliphatic carbocycles. The second-order valence-corrected chi connectivity index (χ2v) is 8.62. The Labute approximate surface area is 176 Å². The van der Waals surface area contributed by atoms with Crippen LogP contribution in [0.5, 0.6) is 0 Å². The van der Waals surface area contributed by atoms with E-state index in [1.165, 1.54) is 108 Å². The van der Waals surface area contributed by atoms with Crippen molar-refractivity contribution >= 4 is 6.09 Å². The number of amides is 1. The van der Waals surface area contributed by atoms with Gasteiger partial charge in [-0.1, -0.05) is 129 Å². The second kappa shape index (κ2) is 22.6. The minimum Gasteiger partial charge on any atom is -0.305 e. The summed E-state index contributed by atoms with van der Waals surface area (Å²) in [7, 11) is 0. The summed E-state index contributed by atoms with van der Waals surface area (Å²) >= 11 is 0. The van der Waals surface area contributed by atoms with E-state index in [0.29, 0.717) is 13.1 Å². The van der Waals surface area contributed by atoms with Crippen molar-refractivity contribution in [2.24, 2.45) is 0 Å². The Morgan fingerprint density at radius 3 is 0.964 bits per heavy atom. The molecule has 0 heterocycles. The third kappa shape index (κ3) is 20.0. The number of hydrogen-bond acceptors (Lipinski definition) is 1. The molecule has 0 atom stereocenters. The summed E-state index contributed by atoms with van der Waals surface area (Å²) in [5.74, 6) is 0. The van der Waals surface area contributed by atoms with Crippen molar-refractivity contribution < 1.29 is 9.90 Å². The smallest absolute Gasteiger partial charge is 0.305 e. The summed E-state index contributed by atoms with van der Waals surface area (Å²) in [4.78, 5) is 12.8. The summed E-state index contributed by atoms with van der Waals surface area (Å²) in [6.45, 7) is 5.84. The van der Waals surface area contributed by atoms with Crippen LogP contribution < -0.4 is 0 Å². The Morgan fingerprint density at radius 1 is 0.464 bits per heavy atom. The Balaban J connectivity index is 3.45. The first-order chi connectivity index (χ1) is 13.7. The van der Waals surface area contributed by atoms with E-state index >= 15 is 0 Å². The molecular weight excluding hydrogens is 346 g/mol. The molecule has 0 aromatic rings. The van der Waals surface area contributed by atoms with Gasteiger partial charge in [-0.05, 0) is 12.8 Å². The second-order valence-electron chi connectivity index (χ2n) is 8.62. The van der Waals surface area contributed by atoms with Gasteiger partial charge < -0.3 is 4.90 Å². The van der Waals surface area contributed by atoms with Gasteiger partial charge in [-0.15, -0.1) is 0 Å². The number of nitrogens with zero attached hydrogens (tertiary/aromatic N) is 1. The molecule has 1 amide bonds. The van der Waals surface area contributed by atoms with Crippen molar-refractivity contribution in [1.82, 2.24) is 4.90 Å². The molecule has 3 nitrogen and oxygen atoms in total. The first kappa shape index (κ1) is 27.3. The molecule has 0 spiro atoms. The first-order valence-electron chi connectivity index (χ1n) is 12.7. The number of hydrogen-bond donors (Lipinski definition) is 0. The van der Waals surface area contributed by atoms with E-state index in [2.05, 4.69) is 13.8 Å². The third-order valence-electron chi connectivity index (χ3n) is 5.82. The van der Waals surface area contributed by atoms with Gasteiger partial charge in [0.1, 0.15) is 0 Å². The predicted molar refractivity (Wildman–Crippen MR) is 121 cm³/mol. The normalized spacial score (nSPS) is 11.1. The molecule has 0 fully saturated rings. The van der Waals surface area contributed by atoms with Crippen LogP contribution in [0.4, 0.5) is 4.79 Å². The van der Waals surface area contributed by atoms with Crippen LogP contribution in [0.2, 0.25) is 0 Å². The molecule has 0 saturated heterocycles. The zero-order chi connectivity index (χ0) is 20.7. The average molecular weight is 397 g/mol. The van der Waals surface area contributed by atoms with Crippen LogP contribution in [-0.4, -0.2) is 24.1 Å². The molecule has 0 aliphatic rings. The highest BCUT2D eigenvalue weighted by Gasteiger charge is 2.12. The average Bonchev–Trinajstić information content (AvgIpc) is 2.68. The molecule has 28 heavy (non-hydrogen) atoms. The Hall–Kier alpha value is -0.730. The maximum absolute atomic E-state index is 11.3. The lowest BCUT2D eigenvalue weighted by atomic mass is 10.1. The summed E-state index contributed by atoms with van der Waals surface area (Å²) in [5.41, 5.74) is 0. The van der Waals surface area contributed by atoms with Gasteiger partial charge in [0, 0.05) is 13.1 Å². The van der Waals surface area contributed by atoms with E-state index in [0.717, 1.165) is 25.7 Å². The van der Waals surface area contributed by atoms with Crippen LogP contribution in [-0.2, 0) is 5.11 Å². The van der Waals surface area contributed by atoms with Crippen LogP contribution in [0.15, 0.2) is 0 Å². The predicted octanol–water partition coefficient (Wildman–Crippen LogP) is 8.68. The molecular formula is C25H50NO2. The molecule has 0 unspecified atom stereocenters. The summed E-state index contributed by atoms with van der Waals surface area (Å²) in [6.07, 6.45) is 24.7. The highest BCUT2D eigenvalue weighted by molar-refractivity contribution is 5.64. The monoisotopic (exact) mass is 396 g/mol. The number of carbonyl (C=O) groups is 1. The topological polar surface area (TPSA) is 40.2 Å². The fourth-order valence-corrected chi connectivity index (χ4v) is 3.87. The molecule has 0 rings (SSSR count). The van der Waals surface area contributed by atoms with Gasteiger partial charge in [-0.3, -0.25) is 0 Å². The van der Waals surface area contributed by atoms with Gasteiger partial charge in [0.2, 0.25) is 0 Å². The fourth-order valence-electron chi connectivity index (χ4n) is 3.87. The number of rotatable bonds is 22. The molecule has 0 N–H and O–H groups in total. The standard InChI is InChI=1S/C25H50NO2/c1-3-5-7-9-11-13-15-17-19-21-23-26(25(27)28)24-22-20-18-16-14-12-10-8-6-4-2/h3-24H2,1-2H3. The van der Waals surface area contributed by atoms with Crippen LogP contribution in [0.1, 0.15) is 142 Å². The van der Waals surface area contributed by atoms with Crippen molar-refractivity contribution in [3.63, 3.8) is 0 Å². The molecule has 0 saturated carbocycles. The van der Waals surface area contributed by atoms with Crippen LogP contribution in [0.25, 0.3) is 0 Å². The number of unbranched alkanes of at least 4 members (excludes halogenated alkanes) is 18. The van der Waals surface area contributed by atoms with Crippen molar-refractivity contribution in [1.29, 1.82) is 0 Å². The molecule has 0 aromatic heterocycles. The van der Waals surface area contributed by atoms with Crippen molar-refractivity contribution in [3.05, 3.63) is 0 Å². The van der Waals surface area contributed by atoms with Crippen LogP contribution in [0, 0.1) is 0 Å². The summed E-state index contributed by atoms with van der Waals surface area (Å²) in [6, 6.07) is 0. The van der Waals surface area contributed by atoms with Gasteiger partial charge in [-0.25, -0.2) is 9.90 Å². The fraction of sp³-hybridized carbons (Fsp3) is 0.960. The highest BCUT2D eigenvalue weighted by atomic mass is 16.4.